The molecular weight excluding hydrogens is 415 g/mol. The number of hydrogen-bond donors (Lipinski definition) is 4. The Balaban J connectivity index is 1.69. The Hall–Kier alpha value is -3.73. The quantitative estimate of drug-likeness (QED) is 0.382. The molecule has 0 spiro atoms. The first-order valence-electron chi connectivity index (χ1n) is 9.01. The second kappa shape index (κ2) is 6.95. The van der Waals surface area contributed by atoms with Gasteiger partial charge in [-0.2, -0.15) is 19.6 Å². The first-order valence-corrected chi connectivity index (χ1v) is 9.39. The maximum atomic E-state index is 14.2. The predicted molar refractivity (Wildman–Crippen MR) is 106 cm³/mol. The first-order chi connectivity index (χ1) is 14.5. The van der Waals surface area contributed by atoms with Gasteiger partial charge in [0.2, 0.25) is 11.8 Å². The van der Waals surface area contributed by atoms with Gasteiger partial charge in [-0.25, -0.2) is 14.2 Å². The van der Waals surface area contributed by atoms with E-state index in [4.69, 9.17) is 11.6 Å². The van der Waals surface area contributed by atoms with E-state index in [9.17, 15) is 14.3 Å². The number of aromatic amines is 2. The molecule has 1 aliphatic rings. The monoisotopic (exact) mass is 428 g/mol. The van der Waals surface area contributed by atoms with Crippen molar-refractivity contribution in [3.8, 4) is 5.88 Å². The van der Waals surface area contributed by atoms with Crippen molar-refractivity contribution in [2.45, 2.75) is 18.9 Å². The van der Waals surface area contributed by atoms with E-state index in [2.05, 4.69) is 35.3 Å². The summed E-state index contributed by atoms with van der Waals surface area (Å²) < 4.78 is 15.6. The summed E-state index contributed by atoms with van der Waals surface area (Å²) in [6.45, 7) is 0. The van der Waals surface area contributed by atoms with E-state index in [0.29, 0.717) is 21.5 Å². The van der Waals surface area contributed by atoms with Crippen LogP contribution in [0.4, 0.5) is 16.0 Å². The summed E-state index contributed by atoms with van der Waals surface area (Å²) in [4.78, 5) is 29.4. The fraction of sp³-hybridized carbons (Fsp3) is 0.167. The second-order valence-corrected chi connectivity index (χ2v) is 7.21. The SMILES string of the molecule is O=c1[nH]c(O)c(C=c2cnn3c(=NC4CC4)nc(Nc4cc(Cl)ccc4F)nc23)[nH]1. The van der Waals surface area contributed by atoms with Gasteiger partial charge < -0.3 is 15.4 Å². The number of benzene rings is 1. The molecule has 1 fully saturated rings. The van der Waals surface area contributed by atoms with Crippen LogP contribution in [0.25, 0.3) is 11.7 Å². The van der Waals surface area contributed by atoms with Gasteiger partial charge in [0.05, 0.1) is 17.9 Å². The molecule has 10 nitrogen and oxygen atoms in total. The van der Waals surface area contributed by atoms with Crippen molar-refractivity contribution >= 4 is 35.0 Å². The molecule has 0 aliphatic heterocycles. The van der Waals surface area contributed by atoms with Crippen molar-refractivity contribution in [2.24, 2.45) is 4.99 Å². The third kappa shape index (κ3) is 3.50. The fourth-order valence-corrected chi connectivity index (χ4v) is 3.02. The molecule has 0 unspecified atom stereocenters. The van der Waals surface area contributed by atoms with Crippen molar-refractivity contribution in [3.63, 3.8) is 0 Å². The minimum absolute atomic E-state index is 0.102. The Morgan fingerprint density at radius 2 is 2.17 bits per heavy atom. The van der Waals surface area contributed by atoms with E-state index in [1.165, 1.54) is 35.0 Å². The van der Waals surface area contributed by atoms with Gasteiger partial charge in [0, 0.05) is 10.2 Å². The second-order valence-electron chi connectivity index (χ2n) is 6.78. The largest absolute Gasteiger partial charge is 0.493 e. The molecule has 1 aromatic carbocycles. The summed E-state index contributed by atoms with van der Waals surface area (Å²) >= 11 is 5.96. The lowest BCUT2D eigenvalue weighted by atomic mass is 10.3. The summed E-state index contributed by atoms with van der Waals surface area (Å²) in [6, 6.07) is 4.25. The normalized spacial score (nSPS) is 15.3. The van der Waals surface area contributed by atoms with Crippen molar-refractivity contribution in [1.82, 2.24) is 29.5 Å². The van der Waals surface area contributed by atoms with Crippen molar-refractivity contribution in [2.75, 3.05) is 5.32 Å². The number of rotatable bonds is 4. The van der Waals surface area contributed by atoms with Crippen LogP contribution in [0.3, 0.4) is 0 Å². The number of anilines is 2. The van der Waals surface area contributed by atoms with Gasteiger partial charge in [0.25, 0.3) is 5.62 Å². The standard InChI is InChI=1S/C18H14ClFN8O2/c19-9-1-4-11(20)12(6-9)23-16-25-14-8(5-13-15(29)26-18(30)24-13)7-21-28(14)17(27-16)22-10-2-3-10/h1,4-7,10,29H,2-3H2,(H,22,23,27)(H2,24,26,30). The number of nitrogens with zero attached hydrogens (tertiary/aromatic N) is 5. The molecule has 0 bridgehead atoms. The molecule has 0 amide bonds. The lowest BCUT2D eigenvalue weighted by molar-refractivity contribution is 0.454. The predicted octanol–water partition coefficient (Wildman–Crippen LogP) is 0.993. The summed E-state index contributed by atoms with van der Waals surface area (Å²) in [6.07, 6.45) is 4.92. The van der Waals surface area contributed by atoms with E-state index in [0.717, 1.165) is 12.8 Å². The van der Waals surface area contributed by atoms with E-state index in [1.54, 1.807) is 0 Å². The third-order valence-electron chi connectivity index (χ3n) is 4.43. The number of nitrogens with one attached hydrogen (secondary N) is 3. The molecule has 1 aliphatic carbocycles. The Kier molecular flexibility index (Phi) is 4.24. The van der Waals surface area contributed by atoms with E-state index in [-0.39, 0.29) is 29.3 Å². The number of imidazole rings is 1. The van der Waals surface area contributed by atoms with Crippen LogP contribution in [0.2, 0.25) is 5.02 Å². The van der Waals surface area contributed by atoms with Gasteiger partial charge >= 0.3 is 5.69 Å². The summed E-state index contributed by atoms with van der Waals surface area (Å²) in [5.74, 6) is -0.723. The van der Waals surface area contributed by atoms with Crippen LogP contribution < -0.4 is 21.8 Å². The Morgan fingerprint density at radius 3 is 2.90 bits per heavy atom. The van der Waals surface area contributed by atoms with Gasteiger partial charge in [-0.3, -0.25) is 4.98 Å². The number of fused-ring (bicyclic) bond motifs is 1. The number of H-pyrrole nitrogens is 2. The molecule has 4 N–H and O–H groups in total. The van der Waals surface area contributed by atoms with Crippen LogP contribution in [0, 0.1) is 5.82 Å². The smallest absolute Gasteiger partial charge is 0.326 e. The van der Waals surface area contributed by atoms with Crippen LogP contribution in [0.1, 0.15) is 18.5 Å². The van der Waals surface area contributed by atoms with E-state index in [1.807, 2.05) is 0 Å². The van der Waals surface area contributed by atoms with E-state index < -0.39 is 11.5 Å². The summed E-state index contributed by atoms with van der Waals surface area (Å²) in [5.41, 5.74) is 0.397. The Morgan fingerprint density at radius 1 is 1.33 bits per heavy atom. The average Bonchev–Trinajstić information content (AvgIpc) is 3.34. The number of aromatic hydroxyl groups is 1. The maximum Gasteiger partial charge on any atom is 0.326 e. The zero-order valence-corrected chi connectivity index (χ0v) is 16.0. The molecule has 5 rings (SSSR count). The zero-order valence-electron chi connectivity index (χ0n) is 15.2. The zero-order chi connectivity index (χ0) is 20.8. The van der Waals surface area contributed by atoms with Gasteiger partial charge in [-0.15, -0.1) is 0 Å². The van der Waals surface area contributed by atoms with Crippen LogP contribution in [0.15, 0.2) is 34.2 Å². The number of hydrogen-bond acceptors (Lipinski definition) is 7. The van der Waals surface area contributed by atoms with Crippen LogP contribution in [0.5, 0.6) is 5.88 Å². The molecule has 3 heterocycles. The van der Waals surface area contributed by atoms with Crippen molar-refractivity contribution in [3.05, 3.63) is 62.3 Å². The topological polar surface area (TPSA) is 136 Å². The van der Waals surface area contributed by atoms with Crippen LogP contribution in [-0.2, 0) is 0 Å². The molecule has 0 saturated heterocycles. The van der Waals surface area contributed by atoms with Gasteiger partial charge in [-0.1, -0.05) is 11.6 Å². The molecule has 152 valence electrons. The fourth-order valence-electron chi connectivity index (χ4n) is 2.85. The molecule has 0 radical (unpaired) electrons. The van der Waals surface area contributed by atoms with Crippen LogP contribution in [-0.4, -0.2) is 40.7 Å². The summed E-state index contributed by atoms with van der Waals surface area (Å²) in [5, 5.41) is 17.8. The van der Waals surface area contributed by atoms with Crippen molar-refractivity contribution in [1.29, 1.82) is 0 Å². The van der Waals surface area contributed by atoms with Crippen molar-refractivity contribution < 1.29 is 9.50 Å². The highest BCUT2D eigenvalue weighted by atomic mass is 35.5. The van der Waals surface area contributed by atoms with Gasteiger partial charge in [-0.05, 0) is 37.1 Å². The lowest BCUT2D eigenvalue weighted by Crippen LogP contribution is -2.24. The number of aromatic nitrogens is 6. The summed E-state index contributed by atoms with van der Waals surface area (Å²) in [7, 11) is 0. The van der Waals surface area contributed by atoms with E-state index >= 15 is 0 Å². The lowest BCUT2D eigenvalue weighted by Gasteiger charge is -2.07. The number of halogens is 2. The maximum absolute atomic E-state index is 14.2. The average molecular weight is 429 g/mol. The molecular formula is C18H14ClFN8O2. The Labute approximate surface area is 171 Å². The highest BCUT2D eigenvalue weighted by molar-refractivity contribution is 6.30. The Bertz CT molecular complexity index is 1450. The molecule has 30 heavy (non-hydrogen) atoms. The van der Waals surface area contributed by atoms with Gasteiger partial charge in [0.1, 0.15) is 11.5 Å². The highest BCUT2D eigenvalue weighted by Crippen LogP contribution is 2.23. The van der Waals surface area contributed by atoms with Crippen LogP contribution >= 0.6 is 11.6 Å². The third-order valence-corrected chi connectivity index (χ3v) is 4.67. The highest BCUT2D eigenvalue weighted by Gasteiger charge is 2.21. The van der Waals surface area contributed by atoms with Gasteiger partial charge in [0.15, 0.2) is 5.65 Å². The molecule has 12 heteroatoms. The minimum atomic E-state index is -0.548. The molecule has 3 aromatic heterocycles. The molecule has 4 aromatic rings. The molecule has 1 saturated carbocycles. The minimum Gasteiger partial charge on any atom is -0.493 e. The first kappa shape index (κ1) is 18.3. The molecule has 0 atom stereocenters.